The first-order valence-electron chi connectivity index (χ1n) is 9.72. The van der Waals surface area contributed by atoms with Crippen molar-refractivity contribution in [2.75, 3.05) is 5.32 Å². The standard InChI is InChI=1S/C26H19NS/c1-2-9-18(10-3-1)27-23-16-24-25(21-13-7-6-12-20(21)23)22-15-14-17-8-4-5-11-19(17)26(22)28-24/h1-17,19,27H. The quantitative estimate of drug-likeness (QED) is 0.378. The molecule has 0 aliphatic heterocycles. The van der Waals surface area contributed by atoms with Crippen molar-refractivity contribution in [3.05, 3.63) is 101 Å². The maximum atomic E-state index is 3.64. The highest BCUT2D eigenvalue weighted by Crippen LogP contribution is 2.48. The monoisotopic (exact) mass is 377 g/mol. The van der Waals surface area contributed by atoms with Crippen LogP contribution in [-0.2, 0) is 0 Å². The minimum Gasteiger partial charge on any atom is -0.355 e. The third kappa shape index (κ3) is 2.38. The van der Waals surface area contributed by atoms with Crippen molar-refractivity contribution in [2.45, 2.75) is 5.92 Å². The van der Waals surface area contributed by atoms with E-state index in [2.05, 4.69) is 102 Å². The van der Waals surface area contributed by atoms with E-state index in [-0.39, 0.29) is 0 Å². The molecule has 1 heterocycles. The summed E-state index contributed by atoms with van der Waals surface area (Å²) in [6.07, 6.45) is 13.7. The second-order valence-corrected chi connectivity index (χ2v) is 8.53. The fraction of sp³-hybridized carbons (Fsp3) is 0.0769. The van der Waals surface area contributed by atoms with Crippen molar-refractivity contribution in [1.29, 1.82) is 0 Å². The number of fused-ring (bicyclic) bond motifs is 7. The second kappa shape index (κ2) is 6.22. The van der Waals surface area contributed by atoms with Gasteiger partial charge in [-0.15, -0.1) is 11.3 Å². The van der Waals surface area contributed by atoms with E-state index in [0.29, 0.717) is 11.8 Å². The fourth-order valence-corrected chi connectivity index (χ4v) is 5.86. The number of benzene rings is 3. The van der Waals surface area contributed by atoms with E-state index in [1.54, 1.807) is 0 Å². The van der Waals surface area contributed by atoms with Crippen LogP contribution in [0.5, 0.6) is 0 Å². The molecule has 0 fully saturated rings. The first-order valence-corrected chi connectivity index (χ1v) is 10.5. The molecule has 0 saturated carbocycles. The predicted octanol–water partition coefficient (Wildman–Crippen LogP) is 7.65. The molecule has 2 aliphatic rings. The van der Waals surface area contributed by atoms with Gasteiger partial charge in [0.1, 0.15) is 0 Å². The van der Waals surface area contributed by atoms with Gasteiger partial charge >= 0.3 is 0 Å². The number of hydrogen-bond donors (Lipinski definition) is 1. The van der Waals surface area contributed by atoms with Crippen molar-refractivity contribution in [3.8, 4) is 0 Å². The van der Waals surface area contributed by atoms with Gasteiger partial charge in [-0.25, -0.2) is 0 Å². The third-order valence-electron chi connectivity index (χ3n) is 5.78. The van der Waals surface area contributed by atoms with E-state index in [1.165, 1.54) is 37.0 Å². The second-order valence-electron chi connectivity index (χ2n) is 7.45. The van der Waals surface area contributed by atoms with Crippen LogP contribution < -0.4 is 5.32 Å². The van der Waals surface area contributed by atoms with Crippen molar-refractivity contribution in [3.63, 3.8) is 0 Å². The maximum absolute atomic E-state index is 3.64. The Morgan fingerprint density at radius 2 is 1.57 bits per heavy atom. The Kier molecular flexibility index (Phi) is 3.53. The SMILES string of the molecule is C1=CC2C=Cc3c(sc4cc(Nc5ccccc5)c5ccccc5c34)C2C=C1. The molecule has 1 N–H and O–H groups in total. The van der Waals surface area contributed by atoms with Crippen molar-refractivity contribution >= 4 is 49.6 Å². The zero-order valence-corrected chi connectivity index (χ0v) is 16.1. The minimum absolute atomic E-state index is 0.465. The Morgan fingerprint density at radius 1 is 0.786 bits per heavy atom. The molecule has 0 radical (unpaired) electrons. The summed E-state index contributed by atoms with van der Waals surface area (Å²) in [6.45, 7) is 0. The first kappa shape index (κ1) is 15.9. The molecule has 0 saturated heterocycles. The average molecular weight is 378 g/mol. The summed E-state index contributed by atoms with van der Waals surface area (Å²) in [6, 6.07) is 21.5. The Hall–Kier alpha value is -3.10. The van der Waals surface area contributed by atoms with E-state index < -0.39 is 0 Å². The van der Waals surface area contributed by atoms with Crippen LogP contribution in [0.1, 0.15) is 16.4 Å². The average Bonchev–Trinajstić information content (AvgIpc) is 3.14. The summed E-state index contributed by atoms with van der Waals surface area (Å²) >= 11 is 1.95. The van der Waals surface area contributed by atoms with Crippen LogP contribution in [0.2, 0.25) is 0 Å². The number of rotatable bonds is 2. The molecular formula is C26H19NS. The summed E-state index contributed by atoms with van der Waals surface area (Å²) in [5, 5.41) is 7.63. The summed E-state index contributed by atoms with van der Waals surface area (Å²) < 4.78 is 1.36. The lowest BCUT2D eigenvalue weighted by molar-refractivity contribution is 0.705. The third-order valence-corrected chi connectivity index (χ3v) is 7.04. The summed E-state index contributed by atoms with van der Waals surface area (Å²) in [7, 11) is 0. The molecule has 2 unspecified atom stereocenters. The van der Waals surface area contributed by atoms with Gasteiger partial charge in [0.15, 0.2) is 0 Å². The number of para-hydroxylation sites is 1. The topological polar surface area (TPSA) is 12.0 Å². The number of hydrogen-bond acceptors (Lipinski definition) is 2. The molecule has 2 aliphatic carbocycles. The van der Waals surface area contributed by atoms with Gasteiger partial charge in [-0.2, -0.15) is 0 Å². The molecule has 2 heteroatoms. The molecule has 3 aromatic carbocycles. The van der Waals surface area contributed by atoms with E-state index >= 15 is 0 Å². The molecule has 4 aromatic rings. The molecule has 0 spiro atoms. The lowest BCUT2D eigenvalue weighted by Gasteiger charge is -2.24. The zero-order chi connectivity index (χ0) is 18.5. The first-order chi connectivity index (χ1) is 13.9. The largest absolute Gasteiger partial charge is 0.355 e. The van der Waals surface area contributed by atoms with Gasteiger partial charge in [0.25, 0.3) is 0 Å². The summed E-state index contributed by atoms with van der Waals surface area (Å²) in [5.41, 5.74) is 3.70. The van der Waals surface area contributed by atoms with E-state index in [9.17, 15) is 0 Å². The van der Waals surface area contributed by atoms with Crippen LogP contribution in [-0.4, -0.2) is 0 Å². The summed E-state index contributed by atoms with van der Waals surface area (Å²) in [5.74, 6) is 0.949. The predicted molar refractivity (Wildman–Crippen MR) is 123 cm³/mol. The smallest absolute Gasteiger partial charge is 0.0478 e. The molecule has 1 nitrogen and oxygen atoms in total. The highest BCUT2D eigenvalue weighted by molar-refractivity contribution is 7.19. The Balaban J connectivity index is 1.61. The minimum atomic E-state index is 0.465. The van der Waals surface area contributed by atoms with Crippen LogP contribution in [0, 0.1) is 5.92 Å². The Labute approximate surface area is 168 Å². The molecule has 134 valence electrons. The molecule has 1 aromatic heterocycles. The van der Waals surface area contributed by atoms with Crippen LogP contribution in [0.25, 0.3) is 26.9 Å². The van der Waals surface area contributed by atoms with Crippen molar-refractivity contribution < 1.29 is 0 Å². The number of allylic oxidation sites excluding steroid dienone is 5. The maximum Gasteiger partial charge on any atom is 0.0478 e. The van der Waals surface area contributed by atoms with E-state index in [4.69, 9.17) is 0 Å². The zero-order valence-electron chi connectivity index (χ0n) is 15.3. The van der Waals surface area contributed by atoms with Gasteiger partial charge in [-0.3, -0.25) is 0 Å². The van der Waals surface area contributed by atoms with Crippen LogP contribution in [0.3, 0.4) is 0 Å². The van der Waals surface area contributed by atoms with Gasteiger partial charge in [-0.05, 0) is 29.1 Å². The van der Waals surface area contributed by atoms with Crippen molar-refractivity contribution in [2.24, 2.45) is 5.92 Å². The van der Waals surface area contributed by atoms with Gasteiger partial charge < -0.3 is 5.32 Å². The molecule has 2 atom stereocenters. The van der Waals surface area contributed by atoms with E-state index in [1.807, 2.05) is 11.3 Å². The normalized spacial score (nSPS) is 19.7. The van der Waals surface area contributed by atoms with Crippen LogP contribution >= 0.6 is 11.3 Å². The number of nitrogens with one attached hydrogen (secondary N) is 1. The Bertz CT molecular complexity index is 1290. The highest BCUT2D eigenvalue weighted by atomic mass is 32.1. The van der Waals surface area contributed by atoms with Gasteiger partial charge in [0.2, 0.25) is 0 Å². The Morgan fingerprint density at radius 3 is 2.46 bits per heavy atom. The van der Waals surface area contributed by atoms with Gasteiger partial charge in [-0.1, -0.05) is 78.9 Å². The van der Waals surface area contributed by atoms with Crippen LogP contribution in [0.4, 0.5) is 11.4 Å². The molecule has 28 heavy (non-hydrogen) atoms. The lowest BCUT2D eigenvalue weighted by Crippen LogP contribution is -2.11. The highest BCUT2D eigenvalue weighted by Gasteiger charge is 2.28. The number of anilines is 2. The molecule has 6 rings (SSSR count). The van der Waals surface area contributed by atoms with Gasteiger partial charge in [0.05, 0.1) is 0 Å². The molecule has 0 bridgehead atoms. The van der Waals surface area contributed by atoms with Gasteiger partial charge in [0, 0.05) is 43.6 Å². The van der Waals surface area contributed by atoms with Crippen LogP contribution in [0.15, 0.2) is 91.0 Å². The van der Waals surface area contributed by atoms with Crippen molar-refractivity contribution in [1.82, 2.24) is 0 Å². The molecule has 0 amide bonds. The lowest BCUT2D eigenvalue weighted by atomic mass is 9.81. The fourth-order valence-electron chi connectivity index (χ4n) is 4.48. The summed E-state index contributed by atoms with van der Waals surface area (Å²) in [4.78, 5) is 1.49. The number of thiophene rings is 1. The van der Waals surface area contributed by atoms with E-state index in [0.717, 1.165) is 5.69 Å². The molecular weight excluding hydrogens is 358 g/mol.